The molecular weight excluding hydrogens is 270 g/mol. The van der Waals surface area contributed by atoms with Gasteiger partial charge in [-0.15, -0.1) is 0 Å². The van der Waals surface area contributed by atoms with Gasteiger partial charge in [0.25, 0.3) is 5.56 Å². The zero-order valence-corrected chi connectivity index (χ0v) is 11.1. The molecule has 0 spiro atoms. The van der Waals surface area contributed by atoms with Crippen LogP contribution in [0.2, 0.25) is 5.02 Å². The molecule has 3 unspecified atom stereocenters. The molecule has 2 N–H and O–H groups in total. The summed E-state index contributed by atoms with van der Waals surface area (Å²) in [7, 11) is 0. The Morgan fingerprint density at radius 1 is 1.58 bits per heavy atom. The summed E-state index contributed by atoms with van der Waals surface area (Å²) in [5.41, 5.74) is 0.159. The number of ether oxygens (including phenoxy) is 1. The monoisotopic (exact) mass is 285 g/mol. The van der Waals surface area contributed by atoms with Crippen molar-refractivity contribution in [1.29, 1.82) is 0 Å². The molecule has 2 saturated heterocycles. The Bertz CT molecular complexity index is 533. The van der Waals surface area contributed by atoms with Crippen LogP contribution in [0.25, 0.3) is 0 Å². The highest BCUT2D eigenvalue weighted by Crippen LogP contribution is 2.36. The lowest BCUT2D eigenvalue weighted by Gasteiger charge is -2.21. The number of fused-ring (bicyclic) bond motifs is 2. The maximum atomic E-state index is 11.9. The molecule has 104 valence electrons. The molecule has 1 aromatic heterocycles. The van der Waals surface area contributed by atoms with E-state index in [0.717, 1.165) is 23.9 Å². The minimum Gasteiger partial charge on any atom is -0.394 e. The van der Waals surface area contributed by atoms with Gasteiger partial charge in [0.05, 0.1) is 43.3 Å². The van der Waals surface area contributed by atoms with Crippen LogP contribution in [0, 0.1) is 0 Å². The topological polar surface area (TPSA) is 76.4 Å². The van der Waals surface area contributed by atoms with Crippen molar-refractivity contribution in [3.8, 4) is 0 Å². The molecule has 0 amide bonds. The summed E-state index contributed by atoms with van der Waals surface area (Å²) in [6, 6.07) is 0.200. The number of nitrogens with one attached hydrogen (secondary N) is 1. The van der Waals surface area contributed by atoms with Crippen molar-refractivity contribution in [2.75, 3.05) is 11.9 Å². The number of aliphatic hydroxyl groups is 1. The van der Waals surface area contributed by atoms with E-state index in [0.29, 0.717) is 11.8 Å². The van der Waals surface area contributed by atoms with Gasteiger partial charge in [0.1, 0.15) is 5.02 Å². The van der Waals surface area contributed by atoms with E-state index in [1.807, 2.05) is 0 Å². The summed E-state index contributed by atoms with van der Waals surface area (Å²) in [6.45, 7) is 0.00625. The first-order valence-corrected chi connectivity index (χ1v) is 6.85. The fourth-order valence-electron chi connectivity index (χ4n) is 2.81. The highest BCUT2D eigenvalue weighted by atomic mass is 35.5. The lowest BCUT2D eigenvalue weighted by Crippen LogP contribution is -2.32. The van der Waals surface area contributed by atoms with Crippen LogP contribution in [0.4, 0.5) is 5.69 Å². The van der Waals surface area contributed by atoms with Crippen LogP contribution in [-0.4, -0.2) is 39.7 Å². The number of hydrogen-bond acceptors (Lipinski definition) is 5. The first kappa shape index (κ1) is 12.9. The van der Waals surface area contributed by atoms with Gasteiger partial charge in [-0.3, -0.25) is 4.79 Å². The van der Waals surface area contributed by atoms with Gasteiger partial charge in [0.15, 0.2) is 0 Å². The maximum Gasteiger partial charge on any atom is 0.287 e. The zero-order chi connectivity index (χ0) is 13.4. The molecule has 19 heavy (non-hydrogen) atoms. The first-order chi connectivity index (χ1) is 9.19. The number of anilines is 1. The summed E-state index contributed by atoms with van der Waals surface area (Å²) in [6.07, 6.45) is 5.19. The minimum atomic E-state index is -0.384. The fourth-order valence-corrected chi connectivity index (χ4v) is 3.01. The summed E-state index contributed by atoms with van der Waals surface area (Å²) in [4.78, 5) is 11.9. The van der Waals surface area contributed by atoms with Crippen LogP contribution >= 0.6 is 11.6 Å². The van der Waals surface area contributed by atoms with Crippen LogP contribution in [-0.2, 0) is 11.3 Å². The van der Waals surface area contributed by atoms with Crippen molar-refractivity contribution in [3.63, 3.8) is 0 Å². The van der Waals surface area contributed by atoms with E-state index in [1.165, 1.54) is 6.20 Å². The molecule has 3 atom stereocenters. The van der Waals surface area contributed by atoms with Crippen molar-refractivity contribution < 1.29 is 9.84 Å². The SMILES string of the molecule is O=c1c(Cl)c(NC2CC3CCC2O3)cnn1CCO. The summed E-state index contributed by atoms with van der Waals surface area (Å²) in [5, 5.41) is 16.2. The lowest BCUT2D eigenvalue weighted by molar-refractivity contribution is 0.102. The van der Waals surface area contributed by atoms with E-state index in [2.05, 4.69) is 10.4 Å². The number of hydrogen-bond donors (Lipinski definition) is 2. The van der Waals surface area contributed by atoms with Gasteiger partial charge < -0.3 is 15.2 Å². The van der Waals surface area contributed by atoms with E-state index >= 15 is 0 Å². The zero-order valence-electron chi connectivity index (χ0n) is 10.4. The van der Waals surface area contributed by atoms with Crippen LogP contribution in [0.3, 0.4) is 0 Å². The van der Waals surface area contributed by atoms with Crippen molar-refractivity contribution in [2.45, 2.75) is 44.1 Å². The summed E-state index contributed by atoms with van der Waals surface area (Å²) < 4.78 is 6.90. The Labute approximate surface area is 115 Å². The number of aliphatic hydroxyl groups excluding tert-OH is 1. The van der Waals surface area contributed by atoms with Crippen LogP contribution in [0.1, 0.15) is 19.3 Å². The molecule has 0 saturated carbocycles. The van der Waals surface area contributed by atoms with Crippen molar-refractivity contribution in [3.05, 3.63) is 21.6 Å². The van der Waals surface area contributed by atoms with E-state index in [1.54, 1.807) is 0 Å². The van der Waals surface area contributed by atoms with Gasteiger partial charge in [-0.2, -0.15) is 5.10 Å². The molecule has 3 rings (SSSR count). The predicted molar refractivity (Wildman–Crippen MR) is 70.5 cm³/mol. The van der Waals surface area contributed by atoms with Crippen LogP contribution in [0.5, 0.6) is 0 Å². The molecule has 7 heteroatoms. The van der Waals surface area contributed by atoms with Gasteiger partial charge in [0.2, 0.25) is 0 Å². The molecule has 0 radical (unpaired) electrons. The Balaban J connectivity index is 1.78. The number of nitrogens with zero attached hydrogens (tertiary/aromatic N) is 2. The largest absolute Gasteiger partial charge is 0.394 e. The summed E-state index contributed by atoms with van der Waals surface area (Å²) >= 11 is 6.06. The number of halogens is 1. The van der Waals surface area contributed by atoms with E-state index in [-0.39, 0.29) is 35.9 Å². The molecule has 6 nitrogen and oxygen atoms in total. The molecule has 2 fully saturated rings. The van der Waals surface area contributed by atoms with Gasteiger partial charge in [-0.1, -0.05) is 11.6 Å². The average Bonchev–Trinajstić information content (AvgIpc) is 3.01. The fraction of sp³-hybridized carbons (Fsp3) is 0.667. The van der Waals surface area contributed by atoms with Crippen LogP contribution in [0.15, 0.2) is 11.0 Å². The van der Waals surface area contributed by atoms with Crippen molar-refractivity contribution in [2.24, 2.45) is 0 Å². The third kappa shape index (κ3) is 2.35. The smallest absolute Gasteiger partial charge is 0.287 e. The first-order valence-electron chi connectivity index (χ1n) is 6.47. The third-order valence-electron chi connectivity index (χ3n) is 3.74. The molecule has 3 heterocycles. The van der Waals surface area contributed by atoms with Crippen LogP contribution < -0.4 is 10.9 Å². The van der Waals surface area contributed by atoms with Crippen molar-refractivity contribution >= 4 is 17.3 Å². The second-order valence-electron chi connectivity index (χ2n) is 4.98. The van der Waals surface area contributed by atoms with E-state index in [4.69, 9.17) is 21.4 Å². The Kier molecular flexibility index (Phi) is 3.47. The highest BCUT2D eigenvalue weighted by Gasteiger charge is 2.40. The summed E-state index contributed by atoms with van der Waals surface area (Å²) in [5.74, 6) is 0. The second kappa shape index (κ2) is 5.11. The third-order valence-corrected chi connectivity index (χ3v) is 4.11. The average molecular weight is 286 g/mol. The molecule has 0 aromatic carbocycles. The highest BCUT2D eigenvalue weighted by molar-refractivity contribution is 6.32. The Hall–Kier alpha value is -1.11. The number of aromatic nitrogens is 2. The van der Waals surface area contributed by atoms with Gasteiger partial charge in [0, 0.05) is 0 Å². The standard InChI is InChI=1S/C12H16ClN3O3/c13-11-9(6-14-16(3-4-17)12(11)18)15-8-5-7-1-2-10(8)19-7/h6-8,10,15,17H,1-5H2. The Morgan fingerprint density at radius 2 is 2.42 bits per heavy atom. The lowest BCUT2D eigenvalue weighted by atomic mass is 9.95. The molecule has 2 bridgehead atoms. The molecule has 2 aliphatic heterocycles. The normalized spacial score (nSPS) is 28.8. The van der Waals surface area contributed by atoms with Gasteiger partial charge in [-0.05, 0) is 19.3 Å². The maximum absolute atomic E-state index is 11.9. The minimum absolute atomic E-state index is 0.117. The van der Waals surface area contributed by atoms with Gasteiger partial charge >= 0.3 is 0 Å². The Morgan fingerprint density at radius 3 is 3.05 bits per heavy atom. The molecule has 2 aliphatic rings. The van der Waals surface area contributed by atoms with Gasteiger partial charge in [-0.25, -0.2) is 4.68 Å². The van der Waals surface area contributed by atoms with E-state index < -0.39 is 0 Å². The van der Waals surface area contributed by atoms with Crippen molar-refractivity contribution in [1.82, 2.24) is 9.78 Å². The number of rotatable bonds is 4. The van der Waals surface area contributed by atoms with E-state index in [9.17, 15) is 4.79 Å². The molecule has 0 aliphatic carbocycles. The molecule has 1 aromatic rings. The quantitative estimate of drug-likeness (QED) is 0.848. The second-order valence-corrected chi connectivity index (χ2v) is 5.36. The predicted octanol–water partition coefficient (Wildman–Crippen LogP) is 0.621. The molecular formula is C12H16ClN3O3.